The molecule has 0 aromatic heterocycles. The van der Waals surface area contributed by atoms with Crippen molar-refractivity contribution in [3.63, 3.8) is 0 Å². The van der Waals surface area contributed by atoms with Crippen LogP contribution >= 0.6 is 0 Å². The lowest BCUT2D eigenvalue weighted by Crippen LogP contribution is -2.16. The Kier molecular flexibility index (Phi) is 13.6. The average Bonchev–Trinajstić information content (AvgIpc) is 2.05. The van der Waals surface area contributed by atoms with Crippen molar-refractivity contribution in [2.45, 2.75) is 19.3 Å². The summed E-state index contributed by atoms with van der Waals surface area (Å²) in [6, 6.07) is 124. The molecule has 0 aliphatic heterocycles. The molecule has 0 heterocycles. The van der Waals surface area contributed by atoms with Crippen molar-refractivity contribution in [3.05, 3.63) is 351 Å². The number of benzene rings is 14. The number of para-hydroxylation sites is 1. The van der Waals surface area contributed by atoms with Gasteiger partial charge >= 0.3 is 0 Å². The van der Waals surface area contributed by atoms with E-state index >= 15 is 0 Å². The van der Waals surface area contributed by atoms with Gasteiger partial charge in [-0.3, -0.25) is 0 Å². The fourth-order valence-electron chi connectivity index (χ4n) is 13.3. The van der Waals surface area contributed by atoms with Crippen molar-refractivity contribution < 1.29 is 0 Å². The quantitative estimate of drug-likeness (QED) is 0.114. The maximum Gasteiger partial charge on any atom is 0.0465 e. The van der Waals surface area contributed by atoms with Gasteiger partial charge in [-0.05, 0) is 196 Å². The van der Waals surface area contributed by atoms with Crippen molar-refractivity contribution in [1.29, 1.82) is 0 Å². The Morgan fingerprint density at radius 2 is 0.529 bits per heavy atom. The van der Waals surface area contributed by atoms with E-state index in [9.17, 15) is 0 Å². The fourth-order valence-corrected chi connectivity index (χ4v) is 13.3. The zero-order valence-corrected chi connectivity index (χ0v) is 48.7. The third-order valence-corrected chi connectivity index (χ3v) is 17.7. The van der Waals surface area contributed by atoms with E-state index in [0.29, 0.717) is 0 Å². The molecule has 14 aromatic carbocycles. The Labute approximate surface area is 510 Å². The standard InChI is InChI=1S/C85H62N2/c1-85(2)83-37-20-19-35-77(83)78-55-54-72(56-84(78)85)87(70-48-40-64(41-49-70)74-33-17-18-34-75(74)76-36-21-29-61-28-15-16-32-73(61)76)71-52-44-66(45-53-71)82-58-79(62-24-9-4-10-25-62)81(57-80(82)63-26-11-5-12-27-63)65-42-50-69(51-43-65)86(67-30-13-6-14-31-67)68-46-38-60(39-47-68)59-22-7-3-8-23-59/h3-58H,1-2H3. The number of hydrogen-bond donors (Lipinski definition) is 0. The second kappa shape index (κ2) is 22.5. The highest BCUT2D eigenvalue weighted by atomic mass is 15.1. The van der Waals surface area contributed by atoms with Gasteiger partial charge < -0.3 is 9.80 Å². The summed E-state index contributed by atoms with van der Waals surface area (Å²) in [7, 11) is 0. The second-order valence-electron chi connectivity index (χ2n) is 23.2. The normalized spacial score (nSPS) is 12.1. The van der Waals surface area contributed by atoms with Gasteiger partial charge in [0.1, 0.15) is 0 Å². The molecule has 2 nitrogen and oxygen atoms in total. The molecule has 0 N–H and O–H groups in total. The third-order valence-electron chi connectivity index (χ3n) is 17.7. The van der Waals surface area contributed by atoms with Crippen LogP contribution in [0.4, 0.5) is 34.1 Å². The molecule has 87 heavy (non-hydrogen) atoms. The number of anilines is 6. The van der Waals surface area contributed by atoms with E-state index in [0.717, 1.165) is 56.4 Å². The highest BCUT2D eigenvalue weighted by molar-refractivity contribution is 6.01. The van der Waals surface area contributed by atoms with Crippen LogP contribution in [0.1, 0.15) is 25.0 Å². The van der Waals surface area contributed by atoms with Crippen LogP contribution in [0.25, 0.3) is 99.8 Å². The van der Waals surface area contributed by atoms with E-state index < -0.39 is 0 Å². The summed E-state index contributed by atoms with van der Waals surface area (Å²) in [6.07, 6.45) is 0. The van der Waals surface area contributed by atoms with Crippen molar-refractivity contribution in [1.82, 2.24) is 0 Å². The van der Waals surface area contributed by atoms with Crippen LogP contribution in [0.5, 0.6) is 0 Å². The van der Waals surface area contributed by atoms with Gasteiger partial charge in [0.25, 0.3) is 0 Å². The van der Waals surface area contributed by atoms with Crippen molar-refractivity contribution >= 4 is 44.9 Å². The number of nitrogens with zero attached hydrogens (tertiary/aromatic N) is 2. The maximum atomic E-state index is 2.43. The first-order valence-corrected chi connectivity index (χ1v) is 30.1. The van der Waals surface area contributed by atoms with E-state index in [2.05, 4.69) is 363 Å². The number of hydrogen-bond acceptors (Lipinski definition) is 2. The van der Waals surface area contributed by atoms with E-state index in [-0.39, 0.29) is 5.41 Å². The lowest BCUT2D eigenvalue weighted by molar-refractivity contribution is 0.660. The zero-order chi connectivity index (χ0) is 58.3. The Balaban J connectivity index is 0.831. The topological polar surface area (TPSA) is 6.48 Å². The monoisotopic (exact) mass is 1110 g/mol. The first-order chi connectivity index (χ1) is 42.9. The maximum absolute atomic E-state index is 2.43. The minimum atomic E-state index is -0.163. The van der Waals surface area contributed by atoms with Gasteiger partial charge in [-0.15, -0.1) is 0 Å². The van der Waals surface area contributed by atoms with Crippen molar-refractivity contribution in [2.24, 2.45) is 0 Å². The highest BCUT2D eigenvalue weighted by Gasteiger charge is 2.36. The Morgan fingerprint density at radius 3 is 1.07 bits per heavy atom. The number of rotatable bonds is 13. The van der Waals surface area contributed by atoms with Gasteiger partial charge in [0.15, 0.2) is 0 Å². The van der Waals surface area contributed by atoms with Gasteiger partial charge in [0, 0.05) is 39.5 Å². The third kappa shape index (κ3) is 9.87. The smallest absolute Gasteiger partial charge is 0.0465 e. The van der Waals surface area contributed by atoms with E-state index in [4.69, 9.17) is 0 Å². The summed E-state index contributed by atoms with van der Waals surface area (Å²) in [6.45, 7) is 4.73. The summed E-state index contributed by atoms with van der Waals surface area (Å²) < 4.78 is 0. The Morgan fingerprint density at radius 1 is 0.195 bits per heavy atom. The first-order valence-electron chi connectivity index (χ1n) is 30.1. The summed E-state index contributed by atoms with van der Waals surface area (Å²) in [5.41, 5.74) is 28.2. The van der Waals surface area contributed by atoms with Crippen LogP contribution < -0.4 is 9.80 Å². The molecule has 0 amide bonds. The molecule has 0 unspecified atom stereocenters. The second-order valence-corrected chi connectivity index (χ2v) is 23.2. The molecule has 0 radical (unpaired) electrons. The molecule has 0 bridgehead atoms. The van der Waals surface area contributed by atoms with Crippen LogP contribution in [0.3, 0.4) is 0 Å². The molecule has 1 aliphatic carbocycles. The molecular formula is C85H62N2. The SMILES string of the molecule is CC1(C)c2ccccc2-c2ccc(N(c3ccc(-c4cc(-c5ccccc5)c(-c5ccc(N(c6ccccc6)c6ccc(-c7ccccc7)cc6)cc5)cc4-c4ccccc4)cc3)c3ccc(-c4ccccc4-c4cccc5ccccc45)cc3)cc21. The molecule has 1 aliphatic rings. The van der Waals surface area contributed by atoms with Gasteiger partial charge in [-0.1, -0.05) is 269 Å². The highest BCUT2D eigenvalue weighted by Crippen LogP contribution is 2.52. The zero-order valence-electron chi connectivity index (χ0n) is 48.7. The van der Waals surface area contributed by atoms with E-state index in [1.54, 1.807) is 0 Å². The van der Waals surface area contributed by atoms with E-state index in [1.807, 2.05) is 0 Å². The van der Waals surface area contributed by atoms with Gasteiger partial charge in [-0.2, -0.15) is 0 Å². The van der Waals surface area contributed by atoms with Crippen molar-refractivity contribution in [2.75, 3.05) is 9.80 Å². The molecular weight excluding hydrogens is 1050 g/mol. The van der Waals surface area contributed by atoms with Crippen molar-refractivity contribution in [3.8, 4) is 89.0 Å². The molecule has 14 aromatic rings. The summed E-state index contributed by atoms with van der Waals surface area (Å²) in [5, 5.41) is 2.49. The molecule has 0 saturated heterocycles. The lowest BCUT2D eigenvalue weighted by atomic mass is 9.82. The predicted octanol–water partition coefficient (Wildman–Crippen LogP) is 23.8. The Hall–Kier alpha value is -11.1. The molecule has 0 saturated carbocycles. The molecule has 0 atom stereocenters. The fraction of sp³-hybridized carbons (Fsp3) is 0.0353. The minimum absolute atomic E-state index is 0.163. The van der Waals surface area contributed by atoms with Crippen LogP contribution in [-0.4, -0.2) is 0 Å². The Bertz CT molecular complexity index is 4760. The summed E-state index contributed by atoms with van der Waals surface area (Å²) >= 11 is 0. The lowest BCUT2D eigenvalue weighted by Gasteiger charge is -2.28. The molecule has 412 valence electrons. The molecule has 15 rings (SSSR count). The van der Waals surface area contributed by atoms with Crippen LogP contribution in [0.15, 0.2) is 340 Å². The first kappa shape index (κ1) is 52.7. The van der Waals surface area contributed by atoms with E-state index in [1.165, 1.54) is 88.7 Å². The van der Waals surface area contributed by atoms with Gasteiger partial charge in [-0.25, -0.2) is 0 Å². The minimum Gasteiger partial charge on any atom is -0.311 e. The van der Waals surface area contributed by atoms with Gasteiger partial charge in [0.05, 0.1) is 0 Å². The average molecular weight is 1110 g/mol. The number of fused-ring (bicyclic) bond motifs is 4. The van der Waals surface area contributed by atoms with Gasteiger partial charge in [0.2, 0.25) is 0 Å². The molecule has 0 fully saturated rings. The predicted molar refractivity (Wildman–Crippen MR) is 369 cm³/mol. The molecule has 2 heteroatoms. The van der Waals surface area contributed by atoms with Crippen LogP contribution in [0.2, 0.25) is 0 Å². The summed E-state index contributed by atoms with van der Waals surface area (Å²) in [4.78, 5) is 4.77. The molecule has 0 spiro atoms. The largest absolute Gasteiger partial charge is 0.311 e. The van der Waals surface area contributed by atoms with Crippen LogP contribution in [-0.2, 0) is 5.41 Å². The summed E-state index contributed by atoms with van der Waals surface area (Å²) in [5.74, 6) is 0. The van der Waals surface area contributed by atoms with Crippen LogP contribution in [0, 0.1) is 0 Å².